The molecule has 16 heavy (non-hydrogen) atoms. The number of hydrogen-bond donors (Lipinski definition) is 1. The lowest BCUT2D eigenvalue weighted by atomic mass is 9.81. The summed E-state index contributed by atoms with van der Waals surface area (Å²) < 4.78 is 25.1. The Morgan fingerprint density at radius 1 is 1.56 bits per heavy atom. The lowest BCUT2D eigenvalue weighted by Gasteiger charge is -2.33. The van der Waals surface area contributed by atoms with Crippen molar-refractivity contribution in [3.63, 3.8) is 0 Å². The van der Waals surface area contributed by atoms with Crippen LogP contribution < -0.4 is 5.32 Å². The van der Waals surface area contributed by atoms with Crippen LogP contribution in [0.4, 0.5) is 14.6 Å². The first-order chi connectivity index (χ1) is 7.46. The van der Waals surface area contributed by atoms with E-state index in [2.05, 4.69) is 15.3 Å². The number of anilines is 1. The normalized spacial score (nSPS) is 18.9. The number of halogens is 2. The Balaban J connectivity index is 1.94. The van der Waals surface area contributed by atoms with Crippen LogP contribution >= 0.6 is 0 Å². The zero-order valence-corrected chi connectivity index (χ0v) is 8.70. The average Bonchev–Trinajstić information content (AvgIpc) is 2.13. The van der Waals surface area contributed by atoms with Gasteiger partial charge in [0.15, 0.2) is 0 Å². The summed E-state index contributed by atoms with van der Waals surface area (Å²) in [4.78, 5) is 19.3. The first-order valence-electron chi connectivity index (χ1n) is 4.95. The summed E-state index contributed by atoms with van der Waals surface area (Å²) in [5.74, 6) is -2.80. The second-order valence-electron chi connectivity index (χ2n) is 3.94. The van der Waals surface area contributed by atoms with Crippen molar-refractivity contribution in [1.82, 2.24) is 9.97 Å². The van der Waals surface area contributed by atoms with Gasteiger partial charge in [0.1, 0.15) is 11.6 Å². The van der Waals surface area contributed by atoms with Gasteiger partial charge in [-0.1, -0.05) is 0 Å². The molecule has 1 aromatic heterocycles. The van der Waals surface area contributed by atoms with E-state index in [-0.39, 0.29) is 12.8 Å². The van der Waals surface area contributed by atoms with Crippen molar-refractivity contribution < 1.29 is 13.6 Å². The summed E-state index contributed by atoms with van der Waals surface area (Å²) in [5.41, 5.74) is 0. The van der Waals surface area contributed by atoms with Crippen molar-refractivity contribution in [3.05, 3.63) is 18.1 Å². The molecule has 0 spiro atoms. The Kier molecular flexibility index (Phi) is 2.57. The van der Waals surface area contributed by atoms with Crippen LogP contribution in [0.25, 0.3) is 0 Å². The number of carbonyl (C=O) groups is 1. The average molecular weight is 227 g/mol. The van der Waals surface area contributed by atoms with Gasteiger partial charge in [0.2, 0.25) is 11.8 Å². The molecule has 4 nitrogen and oxygen atoms in total. The minimum absolute atomic E-state index is 0.354. The van der Waals surface area contributed by atoms with Gasteiger partial charge in [-0.25, -0.2) is 18.7 Å². The molecule has 0 unspecified atom stereocenters. The smallest absolute Gasteiger partial charge is 0.249 e. The molecule has 2 rings (SSSR count). The lowest BCUT2D eigenvalue weighted by Crippen LogP contribution is -2.42. The van der Waals surface area contributed by atoms with Gasteiger partial charge in [-0.2, -0.15) is 0 Å². The molecule has 0 aromatic carbocycles. The van der Waals surface area contributed by atoms with Crippen molar-refractivity contribution in [2.45, 2.75) is 25.7 Å². The van der Waals surface area contributed by atoms with Gasteiger partial charge < -0.3 is 5.32 Å². The van der Waals surface area contributed by atoms with Gasteiger partial charge in [-0.3, -0.25) is 4.79 Å². The summed E-state index contributed by atoms with van der Waals surface area (Å²) in [6.45, 7) is 1.69. The second kappa shape index (κ2) is 3.77. The fourth-order valence-electron chi connectivity index (χ4n) is 1.60. The van der Waals surface area contributed by atoms with Crippen LogP contribution in [-0.2, 0) is 4.79 Å². The van der Waals surface area contributed by atoms with Crippen LogP contribution in [0.1, 0.15) is 18.7 Å². The van der Waals surface area contributed by atoms with E-state index in [1.54, 1.807) is 6.92 Å². The summed E-state index contributed by atoms with van der Waals surface area (Å²) in [5, 5.41) is 2.50. The van der Waals surface area contributed by atoms with Gasteiger partial charge in [0.25, 0.3) is 0 Å². The Morgan fingerprint density at radius 3 is 2.81 bits per heavy atom. The molecular formula is C10H11F2N3O. The second-order valence-corrected chi connectivity index (χ2v) is 3.94. The zero-order valence-electron chi connectivity index (χ0n) is 8.70. The maximum atomic E-state index is 12.5. The van der Waals surface area contributed by atoms with Crippen LogP contribution in [0.5, 0.6) is 0 Å². The van der Waals surface area contributed by atoms with Crippen molar-refractivity contribution in [1.29, 1.82) is 0 Å². The zero-order chi connectivity index (χ0) is 11.8. The summed E-state index contributed by atoms with van der Waals surface area (Å²) in [6, 6.07) is 1.53. The van der Waals surface area contributed by atoms with Gasteiger partial charge in [-0.05, 0) is 13.0 Å². The van der Waals surface area contributed by atoms with Crippen LogP contribution in [-0.4, -0.2) is 21.8 Å². The molecule has 0 radical (unpaired) electrons. The monoisotopic (exact) mass is 227 g/mol. The highest BCUT2D eigenvalue weighted by molar-refractivity contribution is 5.92. The fraction of sp³-hybridized carbons (Fsp3) is 0.500. The maximum Gasteiger partial charge on any atom is 0.249 e. The van der Waals surface area contributed by atoms with Crippen molar-refractivity contribution in [3.8, 4) is 0 Å². The van der Waals surface area contributed by atoms with Gasteiger partial charge in [-0.15, -0.1) is 0 Å². The largest absolute Gasteiger partial charge is 0.310 e. The van der Waals surface area contributed by atoms with E-state index >= 15 is 0 Å². The highest BCUT2D eigenvalue weighted by atomic mass is 19.3. The SMILES string of the molecule is Cc1nccc(NC(=O)C2CC(F)(F)C2)n1. The molecular weight excluding hydrogens is 216 g/mol. The Bertz CT molecular complexity index is 414. The third kappa shape index (κ3) is 2.32. The minimum atomic E-state index is -2.68. The van der Waals surface area contributed by atoms with E-state index < -0.39 is 17.7 Å². The number of nitrogens with zero attached hydrogens (tertiary/aromatic N) is 2. The molecule has 1 aromatic rings. The molecule has 1 aliphatic carbocycles. The predicted molar refractivity (Wildman–Crippen MR) is 53.1 cm³/mol. The van der Waals surface area contributed by atoms with E-state index in [9.17, 15) is 13.6 Å². The number of rotatable bonds is 2. The fourth-order valence-corrected chi connectivity index (χ4v) is 1.60. The van der Waals surface area contributed by atoms with Crippen molar-refractivity contribution >= 4 is 11.7 Å². The lowest BCUT2D eigenvalue weighted by molar-refractivity contribution is -0.145. The van der Waals surface area contributed by atoms with Crippen molar-refractivity contribution in [2.75, 3.05) is 5.32 Å². The van der Waals surface area contributed by atoms with Gasteiger partial charge in [0, 0.05) is 25.0 Å². The number of alkyl halides is 2. The van der Waals surface area contributed by atoms with E-state index in [1.165, 1.54) is 12.3 Å². The van der Waals surface area contributed by atoms with E-state index in [1.807, 2.05) is 0 Å². The van der Waals surface area contributed by atoms with Crippen LogP contribution in [0.15, 0.2) is 12.3 Å². The highest BCUT2D eigenvalue weighted by Gasteiger charge is 2.48. The number of aryl methyl sites for hydroxylation is 1. The molecule has 1 aliphatic rings. The molecule has 6 heteroatoms. The Hall–Kier alpha value is -1.59. The van der Waals surface area contributed by atoms with Crippen LogP contribution in [0.2, 0.25) is 0 Å². The molecule has 0 aliphatic heterocycles. The number of aromatic nitrogens is 2. The van der Waals surface area contributed by atoms with E-state index in [0.29, 0.717) is 11.6 Å². The topological polar surface area (TPSA) is 54.9 Å². The highest BCUT2D eigenvalue weighted by Crippen LogP contribution is 2.42. The molecule has 1 fully saturated rings. The number of nitrogens with one attached hydrogen (secondary N) is 1. The van der Waals surface area contributed by atoms with E-state index in [0.717, 1.165) is 0 Å². The summed E-state index contributed by atoms with van der Waals surface area (Å²) >= 11 is 0. The minimum Gasteiger partial charge on any atom is -0.310 e. The van der Waals surface area contributed by atoms with Crippen LogP contribution in [0, 0.1) is 12.8 Å². The first-order valence-corrected chi connectivity index (χ1v) is 4.95. The quantitative estimate of drug-likeness (QED) is 0.837. The third-order valence-electron chi connectivity index (χ3n) is 2.49. The molecule has 0 atom stereocenters. The van der Waals surface area contributed by atoms with Gasteiger partial charge in [0.05, 0.1) is 0 Å². The van der Waals surface area contributed by atoms with Crippen LogP contribution in [0.3, 0.4) is 0 Å². The molecule has 86 valence electrons. The molecule has 1 saturated carbocycles. The number of hydrogen-bond acceptors (Lipinski definition) is 3. The number of amides is 1. The molecule has 1 amide bonds. The summed E-state index contributed by atoms with van der Waals surface area (Å²) in [7, 11) is 0. The first kappa shape index (κ1) is 10.9. The van der Waals surface area contributed by atoms with Crippen molar-refractivity contribution in [2.24, 2.45) is 5.92 Å². The molecule has 1 heterocycles. The third-order valence-corrected chi connectivity index (χ3v) is 2.49. The Morgan fingerprint density at radius 2 is 2.25 bits per heavy atom. The predicted octanol–water partition coefficient (Wildman–Crippen LogP) is 1.77. The molecule has 0 saturated heterocycles. The molecule has 1 N–H and O–H groups in total. The summed E-state index contributed by atoms with van der Waals surface area (Å²) in [6.07, 6.45) is 0.763. The standard InChI is InChI=1S/C10H11F2N3O/c1-6-13-3-2-8(14-6)15-9(16)7-4-10(11,12)5-7/h2-3,7H,4-5H2,1H3,(H,13,14,15,16). The maximum absolute atomic E-state index is 12.5. The molecule has 0 bridgehead atoms. The van der Waals surface area contributed by atoms with E-state index in [4.69, 9.17) is 0 Å². The van der Waals surface area contributed by atoms with Gasteiger partial charge >= 0.3 is 0 Å². The Labute approximate surface area is 91.1 Å². The number of carbonyl (C=O) groups excluding carboxylic acids is 1.